The van der Waals surface area contributed by atoms with Gasteiger partial charge in [-0.15, -0.1) is 0 Å². The molecule has 0 spiro atoms. The molecule has 0 saturated heterocycles. The number of esters is 1. The summed E-state index contributed by atoms with van der Waals surface area (Å²) >= 11 is 0. The molecule has 0 aliphatic heterocycles. The van der Waals surface area contributed by atoms with Crippen LogP contribution in [0.1, 0.15) is 18.1 Å². The van der Waals surface area contributed by atoms with Crippen molar-refractivity contribution in [3.63, 3.8) is 0 Å². The quantitative estimate of drug-likeness (QED) is 0.508. The van der Waals surface area contributed by atoms with Crippen LogP contribution in [0.5, 0.6) is 5.75 Å². The summed E-state index contributed by atoms with van der Waals surface area (Å²) in [7, 11) is 1.39. The number of hydrogen-bond donors (Lipinski definition) is 2. The highest BCUT2D eigenvalue weighted by molar-refractivity contribution is 5.97. The van der Waals surface area contributed by atoms with E-state index in [-0.39, 0.29) is 17.2 Å². The minimum atomic E-state index is -4.50. The molecule has 2 amide bonds. The minimum Gasteiger partial charge on any atom is -0.495 e. The Balaban J connectivity index is 1.95. The molecule has 2 aromatic carbocycles. The van der Waals surface area contributed by atoms with Crippen LogP contribution < -0.4 is 15.4 Å². The van der Waals surface area contributed by atoms with E-state index >= 15 is 0 Å². The third-order valence-corrected chi connectivity index (χ3v) is 3.77. The van der Waals surface area contributed by atoms with Gasteiger partial charge in [-0.05, 0) is 42.0 Å². The molecule has 164 valence electrons. The van der Waals surface area contributed by atoms with Crippen molar-refractivity contribution < 1.29 is 37.0 Å². The molecule has 0 atom stereocenters. The van der Waals surface area contributed by atoms with E-state index in [4.69, 9.17) is 9.47 Å². The van der Waals surface area contributed by atoms with Crippen LogP contribution in [0.25, 0.3) is 6.08 Å². The minimum absolute atomic E-state index is 0.149. The van der Waals surface area contributed by atoms with Crippen LogP contribution in [0.4, 0.5) is 24.5 Å². The van der Waals surface area contributed by atoms with Crippen LogP contribution in [0.2, 0.25) is 0 Å². The van der Waals surface area contributed by atoms with E-state index in [9.17, 15) is 27.6 Å². The average Bonchev–Trinajstić information content (AvgIpc) is 2.70. The molecule has 0 aromatic heterocycles. The molecular weight excluding hydrogens is 417 g/mol. The van der Waals surface area contributed by atoms with Gasteiger partial charge in [0.2, 0.25) is 5.91 Å². The molecule has 0 aliphatic rings. The maximum Gasteiger partial charge on any atom is 0.416 e. The molecule has 2 rings (SSSR count). The van der Waals surface area contributed by atoms with Gasteiger partial charge in [-0.1, -0.05) is 12.1 Å². The summed E-state index contributed by atoms with van der Waals surface area (Å²) in [5.74, 6) is -1.58. The number of amides is 2. The second-order valence-corrected chi connectivity index (χ2v) is 6.21. The van der Waals surface area contributed by atoms with Gasteiger partial charge in [0.05, 0.1) is 18.4 Å². The molecule has 31 heavy (non-hydrogen) atoms. The molecule has 0 bridgehead atoms. The number of rotatable bonds is 7. The van der Waals surface area contributed by atoms with Crippen LogP contribution in [0, 0.1) is 0 Å². The number of halogens is 3. The van der Waals surface area contributed by atoms with Crippen molar-refractivity contribution in [2.45, 2.75) is 13.1 Å². The van der Waals surface area contributed by atoms with Crippen molar-refractivity contribution in [3.8, 4) is 5.75 Å². The Hall–Kier alpha value is -3.82. The van der Waals surface area contributed by atoms with Gasteiger partial charge in [-0.2, -0.15) is 13.2 Å². The van der Waals surface area contributed by atoms with E-state index in [0.717, 1.165) is 24.3 Å². The van der Waals surface area contributed by atoms with Gasteiger partial charge in [0, 0.05) is 18.7 Å². The standard InChI is InChI=1S/C21H19F3N2O5/c1-13(27)25-16-7-8-18(30-2)17(11-16)26-19(28)12-31-20(29)9-6-14-4-3-5-15(10-14)21(22,23)24/h3-11H,12H2,1-2H3,(H,25,27)(H,26,28)/b9-6+. The van der Waals surface area contributed by atoms with E-state index in [2.05, 4.69) is 10.6 Å². The number of hydrogen-bond acceptors (Lipinski definition) is 5. The molecule has 0 fully saturated rings. The summed E-state index contributed by atoms with van der Waals surface area (Å²) in [4.78, 5) is 35.0. The van der Waals surface area contributed by atoms with Crippen molar-refractivity contribution in [3.05, 3.63) is 59.7 Å². The Morgan fingerprint density at radius 3 is 2.45 bits per heavy atom. The molecule has 0 radical (unpaired) electrons. The van der Waals surface area contributed by atoms with Gasteiger partial charge in [0.25, 0.3) is 5.91 Å². The maximum atomic E-state index is 12.7. The molecule has 2 N–H and O–H groups in total. The molecule has 0 heterocycles. The van der Waals surface area contributed by atoms with Gasteiger partial charge in [-0.25, -0.2) is 4.79 Å². The SMILES string of the molecule is COc1ccc(NC(C)=O)cc1NC(=O)COC(=O)/C=C/c1cccc(C(F)(F)F)c1. The van der Waals surface area contributed by atoms with E-state index in [0.29, 0.717) is 11.4 Å². The first-order valence-electron chi connectivity index (χ1n) is 8.86. The molecule has 10 heteroatoms. The lowest BCUT2D eigenvalue weighted by atomic mass is 10.1. The van der Waals surface area contributed by atoms with Crippen LogP contribution in [-0.4, -0.2) is 31.5 Å². The van der Waals surface area contributed by atoms with Crippen LogP contribution in [-0.2, 0) is 25.3 Å². The summed E-state index contributed by atoms with van der Waals surface area (Å²) < 4.78 is 48.0. The third-order valence-electron chi connectivity index (χ3n) is 3.77. The summed E-state index contributed by atoms with van der Waals surface area (Å²) in [5, 5.41) is 5.04. The average molecular weight is 436 g/mol. The molecule has 7 nitrogen and oxygen atoms in total. The highest BCUT2D eigenvalue weighted by Gasteiger charge is 2.30. The topological polar surface area (TPSA) is 93.7 Å². The van der Waals surface area contributed by atoms with Gasteiger partial charge in [0.15, 0.2) is 6.61 Å². The van der Waals surface area contributed by atoms with E-state index in [1.807, 2.05) is 0 Å². The summed E-state index contributed by atoms with van der Waals surface area (Å²) in [6, 6.07) is 8.97. The Kier molecular flexibility index (Phi) is 7.78. The molecule has 2 aromatic rings. The van der Waals surface area contributed by atoms with Gasteiger partial charge < -0.3 is 20.1 Å². The van der Waals surface area contributed by atoms with E-state index in [1.165, 1.54) is 38.3 Å². The number of methoxy groups -OCH3 is 1. The smallest absolute Gasteiger partial charge is 0.416 e. The fourth-order valence-electron chi connectivity index (χ4n) is 2.44. The number of carbonyl (C=O) groups excluding carboxylic acids is 3. The molecular formula is C21H19F3N2O5. The van der Waals surface area contributed by atoms with Crippen molar-refractivity contribution in [1.82, 2.24) is 0 Å². The van der Waals surface area contributed by atoms with Crippen molar-refractivity contribution in [2.75, 3.05) is 24.4 Å². The highest BCUT2D eigenvalue weighted by Crippen LogP contribution is 2.30. The number of carbonyl (C=O) groups is 3. The monoisotopic (exact) mass is 436 g/mol. The fourth-order valence-corrected chi connectivity index (χ4v) is 2.44. The second-order valence-electron chi connectivity index (χ2n) is 6.21. The second kappa shape index (κ2) is 10.3. The van der Waals surface area contributed by atoms with Crippen molar-refractivity contribution in [1.29, 1.82) is 0 Å². The predicted molar refractivity (Wildman–Crippen MR) is 107 cm³/mol. The zero-order valence-corrected chi connectivity index (χ0v) is 16.6. The highest BCUT2D eigenvalue weighted by atomic mass is 19.4. The molecule has 0 aliphatic carbocycles. The van der Waals surface area contributed by atoms with Crippen molar-refractivity contribution >= 4 is 35.2 Å². The molecule has 0 unspecified atom stereocenters. The number of benzene rings is 2. The number of ether oxygens (including phenoxy) is 2. The van der Waals surface area contributed by atoms with Gasteiger partial charge >= 0.3 is 12.1 Å². The van der Waals surface area contributed by atoms with Crippen LogP contribution >= 0.6 is 0 Å². The van der Waals surface area contributed by atoms with E-state index < -0.39 is 30.2 Å². The lowest BCUT2D eigenvalue weighted by molar-refractivity contribution is -0.142. The first-order valence-corrected chi connectivity index (χ1v) is 8.86. The van der Waals surface area contributed by atoms with Gasteiger partial charge in [0.1, 0.15) is 5.75 Å². The lowest BCUT2D eigenvalue weighted by Crippen LogP contribution is -2.20. The zero-order valence-electron chi connectivity index (χ0n) is 16.6. The molecule has 0 saturated carbocycles. The normalized spacial score (nSPS) is 11.1. The van der Waals surface area contributed by atoms with Gasteiger partial charge in [-0.3, -0.25) is 9.59 Å². The van der Waals surface area contributed by atoms with E-state index in [1.54, 1.807) is 6.07 Å². The summed E-state index contributed by atoms with van der Waals surface area (Å²) in [5.41, 5.74) is -0.0347. The fraction of sp³-hybridized carbons (Fsp3) is 0.190. The number of alkyl halides is 3. The summed E-state index contributed by atoms with van der Waals surface area (Å²) in [6.45, 7) is 0.689. The Bertz CT molecular complexity index is 1000. The number of nitrogens with one attached hydrogen (secondary N) is 2. The maximum absolute atomic E-state index is 12.7. The first kappa shape index (κ1) is 23.5. The Morgan fingerprint density at radius 1 is 1.06 bits per heavy atom. The zero-order chi connectivity index (χ0) is 23.0. The summed E-state index contributed by atoms with van der Waals surface area (Å²) in [6.07, 6.45) is -2.43. The third kappa shape index (κ3) is 7.50. The van der Waals surface area contributed by atoms with Crippen molar-refractivity contribution in [2.24, 2.45) is 0 Å². The lowest BCUT2D eigenvalue weighted by Gasteiger charge is -2.12. The largest absolute Gasteiger partial charge is 0.495 e. The van der Waals surface area contributed by atoms with Crippen LogP contribution in [0.3, 0.4) is 0 Å². The number of anilines is 2. The van der Waals surface area contributed by atoms with Crippen LogP contribution in [0.15, 0.2) is 48.5 Å². The Morgan fingerprint density at radius 2 is 1.81 bits per heavy atom. The predicted octanol–water partition coefficient (Wildman–Crippen LogP) is 3.87. The Labute approximate surface area is 175 Å². The first-order chi connectivity index (χ1) is 14.6.